The molecule has 1 aliphatic carbocycles. The van der Waals surface area contributed by atoms with Crippen LogP contribution in [0, 0.1) is 5.92 Å². The van der Waals surface area contributed by atoms with E-state index in [0.717, 1.165) is 42.6 Å². The number of rotatable bonds is 5. The van der Waals surface area contributed by atoms with E-state index >= 15 is 0 Å². The molecule has 1 N–H and O–H groups in total. The molecule has 0 aliphatic heterocycles. The zero-order valence-corrected chi connectivity index (χ0v) is 16.0. The molecule has 0 unspecified atom stereocenters. The maximum absolute atomic E-state index is 11.7. The third-order valence-corrected chi connectivity index (χ3v) is 4.91. The number of hydrogen-bond donors (Lipinski definition) is 1. The lowest BCUT2D eigenvalue weighted by molar-refractivity contribution is -0.146. The lowest BCUT2D eigenvalue weighted by Crippen LogP contribution is -2.24. The van der Waals surface area contributed by atoms with Crippen molar-refractivity contribution in [3.8, 4) is 11.3 Å². The van der Waals surface area contributed by atoms with Crippen molar-refractivity contribution in [1.82, 2.24) is 20.0 Å². The summed E-state index contributed by atoms with van der Waals surface area (Å²) in [6, 6.07) is 2.31. The van der Waals surface area contributed by atoms with E-state index < -0.39 is 0 Å². The predicted octanol–water partition coefficient (Wildman–Crippen LogP) is 3.72. The molecule has 1 aliphatic rings. The molecule has 8 heteroatoms. The number of halogens is 1. The number of nitrogens with one attached hydrogen (secondary N) is 1. The summed E-state index contributed by atoms with van der Waals surface area (Å²) in [7, 11) is 1.45. The molecular formula is C18H24ClN5O2. The minimum Gasteiger partial charge on any atom is -0.469 e. The van der Waals surface area contributed by atoms with Crippen LogP contribution in [-0.4, -0.2) is 39.1 Å². The summed E-state index contributed by atoms with van der Waals surface area (Å²) in [5.74, 6) is -0.110. The molecule has 3 rings (SSSR count). The first-order valence-corrected chi connectivity index (χ1v) is 9.27. The third kappa shape index (κ3) is 4.15. The Labute approximate surface area is 158 Å². The molecule has 2 aromatic rings. The number of carbonyl (C=O) groups excluding carboxylic acids is 1. The maximum Gasteiger partial charge on any atom is 0.308 e. The van der Waals surface area contributed by atoms with Crippen molar-refractivity contribution in [2.24, 2.45) is 5.92 Å². The van der Waals surface area contributed by atoms with Crippen molar-refractivity contribution < 1.29 is 9.53 Å². The lowest BCUT2D eigenvalue weighted by Gasteiger charge is -2.26. The Morgan fingerprint density at radius 1 is 1.35 bits per heavy atom. The van der Waals surface area contributed by atoms with Crippen LogP contribution in [0.1, 0.15) is 45.6 Å². The first kappa shape index (κ1) is 18.6. The van der Waals surface area contributed by atoms with Crippen molar-refractivity contribution in [1.29, 1.82) is 0 Å². The van der Waals surface area contributed by atoms with E-state index in [4.69, 9.17) is 16.3 Å². The minimum absolute atomic E-state index is 0.00144. The molecule has 2 heterocycles. The largest absolute Gasteiger partial charge is 0.469 e. The van der Waals surface area contributed by atoms with Crippen LogP contribution in [0.4, 0.5) is 5.69 Å². The lowest BCUT2D eigenvalue weighted by atomic mass is 9.86. The molecule has 0 atom stereocenters. The molecule has 0 amide bonds. The van der Waals surface area contributed by atoms with Crippen LogP contribution in [0.5, 0.6) is 0 Å². The van der Waals surface area contributed by atoms with Gasteiger partial charge in [0.15, 0.2) is 0 Å². The van der Waals surface area contributed by atoms with Gasteiger partial charge in [0.2, 0.25) is 0 Å². The molecule has 1 fully saturated rings. The molecular weight excluding hydrogens is 354 g/mol. The van der Waals surface area contributed by atoms with Crippen molar-refractivity contribution in [2.75, 3.05) is 12.4 Å². The second-order valence-electron chi connectivity index (χ2n) is 6.96. The first-order chi connectivity index (χ1) is 12.5. The molecule has 140 valence electrons. The Morgan fingerprint density at radius 3 is 2.73 bits per heavy atom. The van der Waals surface area contributed by atoms with Gasteiger partial charge in [-0.25, -0.2) is 9.67 Å². The highest BCUT2D eigenvalue weighted by Crippen LogP contribution is 2.34. The number of carbonyl (C=O) groups is 1. The van der Waals surface area contributed by atoms with Crippen molar-refractivity contribution >= 4 is 23.3 Å². The van der Waals surface area contributed by atoms with E-state index in [-0.39, 0.29) is 24.0 Å². The topological polar surface area (TPSA) is 81.9 Å². The number of pyridine rings is 1. The zero-order chi connectivity index (χ0) is 18.7. The van der Waals surface area contributed by atoms with Gasteiger partial charge in [-0.1, -0.05) is 16.8 Å². The summed E-state index contributed by atoms with van der Waals surface area (Å²) in [5, 5.41) is 12.4. The van der Waals surface area contributed by atoms with E-state index in [9.17, 15) is 4.79 Å². The van der Waals surface area contributed by atoms with Gasteiger partial charge in [0.05, 0.1) is 25.3 Å². The van der Waals surface area contributed by atoms with Gasteiger partial charge in [-0.15, -0.1) is 5.10 Å². The number of aromatic nitrogens is 4. The Morgan fingerprint density at radius 2 is 2.08 bits per heavy atom. The number of methoxy groups -OCH3 is 1. The van der Waals surface area contributed by atoms with Gasteiger partial charge in [-0.05, 0) is 45.6 Å². The molecule has 0 radical (unpaired) electrons. The van der Waals surface area contributed by atoms with Crippen LogP contribution < -0.4 is 5.32 Å². The van der Waals surface area contributed by atoms with Gasteiger partial charge < -0.3 is 10.1 Å². The monoisotopic (exact) mass is 377 g/mol. The molecule has 0 aromatic carbocycles. The van der Waals surface area contributed by atoms with E-state index in [1.807, 2.05) is 10.9 Å². The fourth-order valence-electron chi connectivity index (χ4n) is 3.39. The van der Waals surface area contributed by atoms with Crippen LogP contribution in [0.25, 0.3) is 11.3 Å². The van der Waals surface area contributed by atoms with Gasteiger partial charge in [-0.3, -0.25) is 4.79 Å². The number of ether oxygens (including phenoxy) is 1. The van der Waals surface area contributed by atoms with E-state index in [1.165, 1.54) is 7.11 Å². The highest BCUT2D eigenvalue weighted by Gasteiger charge is 2.28. The Balaban J connectivity index is 1.76. The number of hydrogen-bond acceptors (Lipinski definition) is 6. The fraction of sp³-hybridized carbons (Fsp3) is 0.556. The molecule has 0 spiro atoms. The Hall–Kier alpha value is -2.15. The van der Waals surface area contributed by atoms with E-state index in [1.54, 1.807) is 12.3 Å². The summed E-state index contributed by atoms with van der Waals surface area (Å²) in [6.45, 7) is 4.13. The van der Waals surface area contributed by atoms with Crippen LogP contribution in [-0.2, 0) is 9.53 Å². The summed E-state index contributed by atoms with van der Waals surface area (Å²) >= 11 is 6.04. The molecule has 2 aromatic heterocycles. The molecule has 1 saturated carbocycles. The Kier molecular flexibility index (Phi) is 5.76. The van der Waals surface area contributed by atoms with E-state index in [2.05, 4.69) is 34.5 Å². The highest BCUT2D eigenvalue weighted by molar-refractivity contribution is 6.29. The van der Waals surface area contributed by atoms with Gasteiger partial charge in [-0.2, -0.15) is 0 Å². The van der Waals surface area contributed by atoms with Crippen LogP contribution in [0.2, 0.25) is 5.15 Å². The highest BCUT2D eigenvalue weighted by atomic mass is 35.5. The fourth-order valence-corrected chi connectivity index (χ4v) is 3.54. The van der Waals surface area contributed by atoms with Crippen molar-refractivity contribution in [3.63, 3.8) is 0 Å². The van der Waals surface area contributed by atoms with Gasteiger partial charge in [0.25, 0.3) is 0 Å². The average Bonchev–Trinajstić information content (AvgIpc) is 3.10. The zero-order valence-electron chi connectivity index (χ0n) is 15.3. The van der Waals surface area contributed by atoms with Crippen LogP contribution in [0.15, 0.2) is 18.5 Å². The minimum atomic E-state index is -0.112. The normalized spacial score (nSPS) is 20.2. The molecule has 0 saturated heterocycles. The standard InChI is InChI=1S/C18H24ClN5O2/c1-11(2)21-15-8-17(19)20-9-14(15)16-10-24(23-22-16)13-6-4-12(5-7-13)18(25)26-3/h8-13H,4-7H2,1-3H3,(H,20,21). The predicted molar refractivity (Wildman–Crippen MR) is 100 cm³/mol. The second-order valence-corrected chi connectivity index (χ2v) is 7.35. The average molecular weight is 378 g/mol. The molecule has 7 nitrogen and oxygen atoms in total. The third-order valence-electron chi connectivity index (χ3n) is 4.71. The number of esters is 1. The SMILES string of the molecule is COC(=O)C1CCC(n2cc(-c3cnc(Cl)cc3NC(C)C)nn2)CC1. The van der Waals surface area contributed by atoms with Gasteiger partial charge in [0, 0.05) is 23.5 Å². The van der Waals surface area contributed by atoms with Gasteiger partial charge in [0.1, 0.15) is 10.8 Å². The quantitative estimate of drug-likeness (QED) is 0.631. The summed E-state index contributed by atoms with van der Waals surface area (Å²) in [4.78, 5) is 15.9. The van der Waals surface area contributed by atoms with Crippen molar-refractivity contribution in [3.05, 3.63) is 23.6 Å². The molecule has 26 heavy (non-hydrogen) atoms. The second kappa shape index (κ2) is 8.03. The maximum atomic E-state index is 11.7. The summed E-state index contributed by atoms with van der Waals surface area (Å²) in [6.07, 6.45) is 7.07. The smallest absolute Gasteiger partial charge is 0.308 e. The molecule has 0 bridgehead atoms. The summed E-state index contributed by atoms with van der Waals surface area (Å²) in [5.41, 5.74) is 2.52. The number of anilines is 1. The Bertz CT molecular complexity index is 769. The first-order valence-electron chi connectivity index (χ1n) is 8.90. The van der Waals surface area contributed by atoms with E-state index in [0.29, 0.717) is 5.15 Å². The summed E-state index contributed by atoms with van der Waals surface area (Å²) < 4.78 is 6.75. The number of nitrogens with zero attached hydrogens (tertiary/aromatic N) is 4. The van der Waals surface area contributed by atoms with Gasteiger partial charge >= 0.3 is 5.97 Å². The van der Waals surface area contributed by atoms with Crippen LogP contribution >= 0.6 is 11.6 Å². The van der Waals surface area contributed by atoms with Crippen molar-refractivity contribution in [2.45, 2.75) is 51.6 Å². The van der Waals surface area contributed by atoms with Crippen LogP contribution in [0.3, 0.4) is 0 Å².